The van der Waals surface area contributed by atoms with Crippen LogP contribution < -0.4 is 4.90 Å². The van der Waals surface area contributed by atoms with Crippen LogP contribution in [0.5, 0.6) is 0 Å². The first-order valence-corrected chi connectivity index (χ1v) is 8.69. The number of ether oxygens (including phenoxy) is 1. The van der Waals surface area contributed by atoms with Gasteiger partial charge in [0.25, 0.3) is 0 Å². The van der Waals surface area contributed by atoms with E-state index in [1.807, 2.05) is 38.1 Å². The van der Waals surface area contributed by atoms with Gasteiger partial charge in [-0.05, 0) is 32.1 Å². The first-order chi connectivity index (χ1) is 12.0. The van der Waals surface area contributed by atoms with Crippen molar-refractivity contribution in [2.75, 3.05) is 11.4 Å². The van der Waals surface area contributed by atoms with Gasteiger partial charge in [-0.2, -0.15) is 0 Å². The molecule has 0 saturated carbocycles. The van der Waals surface area contributed by atoms with Crippen LogP contribution in [0, 0.1) is 6.92 Å². The molecule has 0 saturated heterocycles. The van der Waals surface area contributed by atoms with E-state index in [1.165, 1.54) is 18.3 Å². The minimum atomic E-state index is -0.510. The van der Waals surface area contributed by atoms with E-state index >= 15 is 0 Å². The van der Waals surface area contributed by atoms with Crippen LogP contribution in [-0.4, -0.2) is 29.3 Å². The normalized spacial score (nSPS) is 15.2. The Bertz CT molecular complexity index is 881. The molecule has 0 N–H and O–H groups in total. The fourth-order valence-corrected chi connectivity index (χ4v) is 3.22. The molecule has 0 atom stereocenters. The first kappa shape index (κ1) is 17.0. The summed E-state index contributed by atoms with van der Waals surface area (Å²) in [5, 5.41) is 2.37. The Balaban J connectivity index is 1.86. The van der Waals surface area contributed by atoms with Crippen LogP contribution in [0.25, 0.3) is 6.08 Å². The SMILES string of the molecule is CCN(C(C)=O)c1nc(/C=C2\N=C(c3ccc(C)cc3)OC2=O)cs1. The molecule has 0 unspecified atom stereocenters. The second kappa shape index (κ2) is 6.98. The van der Waals surface area contributed by atoms with Gasteiger partial charge in [0.2, 0.25) is 11.8 Å². The topological polar surface area (TPSA) is 71.9 Å². The predicted octanol–water partition coefficient (Wildman–Crippen LogP) is 3.17. The summed E-state index contributed by atoms with van der Waals surface area (Å²) in [4.78, 5) is 33.8. The number of hydrogen-bond acceptors (Lipinski definition) is 6. The van der Waals surface area contributed by atoms with Crippen LogP contribution in [0.1, 0.15) is 30.7 Å². The average Bonchev–Trinajstić information content (AvgIpc) is 3.16. The van der Waals surface area contributed by atoms with Gasteiger partial charge in [0.1, 0.15) is 0 Å². The maximum absolute atomic E-state index is 12.0. The number of esters is 1. The second-order valence-corrected chi connectivity index (χ2v) is 6.36. The van der Waals surface area contributed by atoms with Crippen molar-refractivity contribution in [3.05, 3.63) is 52.2 Å². The van der Waals surface area contributed by atoms with Crippen LogP contribution in [0.3, 0.4) is 0 Å². The number of aromatic nitrogens is 1. The van der Waals surface area contributed by atoms with Crippen molar-refractivity contribution in [3.63, 3.8) is 0 Å². The highest BCUT2D eigenvalue weighted by Crippen LogP contribution is 2.24. The highest BCUT2D eigenvalue weighted by molar-refractivity contribution is 7.14. The van der Waals surface area contributed by atoms with E-state index in [9.17, 15) is 9.59 Å². The molecule has 1 amide bonds. The zero-order chi connectivity index (χ0) is 18.0. The fraction of sp³-hybridized carbons (Fsp3) is 0.222. The van der Waals surface area contributed by atoms with Gasteiger partial charge >= 0.3 is 5.97 Å². The molecule has 128 valence electrons. The maximum atomic E-state index is 12.0. The second-order valence-electron chi connectivity index (χ2n) is 5.52. The number of thiazole rings is 1. The lowest BCUT2D eigenvalue weighted by atomic mass is 10.1. The lowest BCUT2D eigenvalue weighted by Crippen LogP contribution is -2.27. The third-order valence-electron chi connectivity index (χ3n) is 3.64. The Kier molecular flexibility index (Phi) is 4.76. The summed E-state index contributed by atoms with van der Waals surface area (Å²) >= 11 is 1.34. The number of aliphatic imine (C=N–C) groups is 1. The quantitative estimate of drug-likeness (QED) is 0.624. The molecule has 25 heavy (non-hydrogen) atoms. The van der Waals surface area contributed by atoms with E-state index in [-0.39, 0.29) is 17.5 Å². The van der Waals surface area contributed by atoms with Gasteiger partial charge in [0.05, 0.1) is 5.69 Å². The summed E-state index contributed by atoms with van der Waals surface area (Å²) in [5.41, 5.74) is 2.62. The molecule has 0 fully saturated rings. The van der Waals surface area contributed by atoms with E-state index in [0.717, 1.165) is 11.1 Å². The largest absolute Gasteiger partial charge is 0.402 e. The molecule has 2 aromatic rings. The zero-order valence-electron chi connectivity index (χ0n) is 14.1. The van der Waals surface area contributed by atoms with Gasteiger partial charge in [0, 0.05) is 24.4 Å². The number of amides is 1. The third-order valence-corrected chi connectivity index (χ3v) is 4.52. The van der Waals surface area contributed by atoms with Gasteiger partial charge < -0.3 is 4.74 Å². The smallest absolute Gasteiger partial charge is 0.363 e. The monoisotopic (exact) mass is 355 g/mol. The molecule has 3 rings (SSSR count). The summed E-state index contributed by atoms with van der Waals surface area (Å²) < 4.78 is 5.24. The molecule has 1 aromatic heterocycles. The molecular formula is C18H17N3O3S. The van der Waals surface area contributed by atoms with Crippen LogP contribution in [0.4, 0.5) is 5.13 Å². The summed E-state index contributed by atoms with van der Waals surface area (Å²) in [6.45, 7) is 5.90. The Morgan fingerprint density at radius 1 is 1.32 bits per heavy atom. The number of carbonyl (C=O) groups is 2. The molecule has 0 radical (unpaired) electrons. The van der Waals surface area contributed by atoms with Crippen molar-refractivity contribution in [1.82, 2.24) is 4.98 Å². The Labute approximate surface area is 149 Å². The lowest BCUT2D eigenvalue weighted by Gasteiger charge is -2.14. The Morgan fingerprint density at radius 3 is 2.68 bits per heavy atom. The summed E-state index contributed by atoms with van der Waals surface area (Å²) in [6, 6.07) is 7.58. The first-order valence-electron chi connectivity index (χ1n) is 7.81. The summed E-state index contributed by atoms with van der Waals surface area (Å²) in [6.07, 6.45) is 1.57. The molecular weight excluding hydrogens is 338 g/mol. The van der Waals surface area contributed by atoms with Crippen LogP contribution in [0.2, 0.25) is 0 Å². The highest BCUT2D eigenvalue weighted by Gasteiger charge is 2.24. The summed E-state index contributed by atoms with van der Waals surface area (Å²) in [7, 11) is 0. The maximum Gasteiger partial charge on any atom is 0.363 e. The Morgan fingerprint density at radius 2 is 2.04 bits per heavy atom. The zero-order valence-corrected chi connectivity index (χ0v) is 15.0. The minimum Gasteiger partial charge on any atom is -0.402 e. The number of hydrogen-bond donors (Lipinski definition) is 0. The van der Waals surface area contributed by atoms with Gasteiger partial charge in [-0.15, -0.1) is 11.3 Å². The predicted molar refractivity (Wildman–Crippen MR) is 97.6 cm³/mol. The number of carbonyl (C=O) groups excluding carboxylic acids is 2. The van der Waals surface area contributed by atoms with Crippen molar-refractivity contribution < 1.29 is 14.3 Å². The highest BCUT2D eigenvalue weighted by atomic mass is 32.1. The molecule has 6 nitrogen and oxygen atoms in total. The molecule has 2 heterocycles. The van der Waals surface area contributed by atoms with Crippen molar-refractivity contribution in [1.29, 1.82) is 0 Å². The van der Waals surface area contributed by atoms with Crippen molar-refractivity contribution in [2.24, 2.45) is 4.99 Å². The Hall–Kier alpha value is -2.80. The van der Waals surface area contributed by atoms with Gasteiger partial charge in [-0.25, -0.2) is 14.8 Å². The fourth-order valence-electron chi connectivity index (χ4n) is 2.33. The van der Waals surface area contributed by atoms with Crippen LogP contribution in [-0.2, 0) is 14.3 Å². The lowest BCUT2D eigenvalue weighted by molar-refractivity contribution is -0.130. The molecule has 1 aliphatic rings. The van der Waals surface area contributed by atoms with Gasteiger partial charge in [-0.1, -0.05) is 17.7 Å². The summed E-state index contributed by atoms with van der Waals surface area (Å²) in [5.74, 6) is -0.300. The van der Waals surface area contributed by atoms with E-state index in [1.54, 1.807) is 16.4 Å². The number of rotatable bonds is 4. The molecule has 1 aliphatic heterocycles. The molecule has 7 heteroatoms. The number of benzene rings is 1. The van der Waals surface area contributed by atoms with E-state index < -0.39 is 5.97 Å². The van der Waals surface area contributed by atoms with Crippen molar-refractivity contribution in [2.45, 2.75) is 20.8 Å². The molecule has 0 bridgehead atoms. The third kappa shape index (κ3) is 3.66. The standard InChI is InChI=1S/C18H17N3O3S/c1-4-21(12(3)22)18-19-14(10-25-18)9-15-17(23)24-16(20-15)13-7-5-11(2)6-8-13/h5-10H,4H2,1-3H3/b15-9-. The van der Waals surface area contributed by atoms with Crippen LogP contribution in [0.15, 0.2) is 40.3 Å². The van der Waals surface area contributed by atoms with E-state index in [4.69, 9.17) is 4.74 Å². The number of nitrogens with zero attached hydrogens (tertiary/aromatic N) is 3. The van der Waals surface area contributed by atoms with Crippen molar-refractivity contribution in [3.8, 4) is 0 Å². The van der Waals surface area contributed by atoms with E-state index in [0.29, 0.717) is 17.4 Å². The minimum absolute atomic E-state index is 0.0731. The molecule has 0 aliphatic carbocycles. The van der Waals surface area contributed by atoms with Gasteiger partial charge in [0.15, 0.2) is 10.8 Å². The van der Waals surface area contributed by atoms with Crippen LogP contribution >= 0.6 is 11.3 Å². The van der Waals surface area contributed by atoms with Gasteiger partial charge in [-0.3, -0.25) is 9.69 Å². The number of cyclic esters (lactones) is 1. The molecule has 1 aromatic carbocycles. The van der Waals surface area contributed by atoms with Crippen molar-refractivity contribution >= 4 is 40.3 Å². The molecule has 0 spiro atoms. The average molecular weight is 355 g/mol. The van der Waals surface area contributed by atoms with E-state index in [2.05, 4.69) is 9.98 Å². The number of aryl methyl sites for hydroxylation is 1. The number of anilines is 1.